The molecule has 0 aliphatic carbocycles. The monoisotopic (exact) mass is 229 g/mol. The summed E-state index contributed by atoms with van der Waals surface area (Å²) >= 11 is 0. The van der Waals surface area contributed by atoms with Gasteiger partial charge in [-0.15, -0.1) is 0 Å². The molecular weight excluding hydrogens is 214 g/mol. The van der Waals surface area contributed by atoms with E-state index in [1.807, 2.05) is 22.9 Å². The third kappa shape index (κ3) is 1.96. The number of hydrogen-bond donors (Lipinski definition) is 1. The highest BCUT2D eigenvalue weighted by Gasteiger charge is 2.16. The predicted molar refractivity (Wildman–Crippen MR) is 65.3 cm³/mol. The van der Waals surface area contributed by atoms with Crippen molar-refractivity contribution in [2.24, 2.45) is 0 Å². The molecule has 0 aromatic carbocycles. The Morgan fingerprint density at radius 1 is 1.59 bits per heavy atom. The second-order valence-electron chi connectivity index (χ2n) is 4.54. The highest BCUT2D eigenvalue weighted by atomic mass is 16.1. The number of aromatic nitrogens is 2. The van der Waals surface area contributed by atoms with Crippen molar-refractivity contribution in [3.05, 3.63) is 35.8 Å². The van der Waals surface area contributed by atoms with Gasteiger partial charge in [-0.05, 0) is 31.5 Å². The molecule has 0 bridgehead atoms. The van der Waals surface area contributed by atoms with E-state index < -0.39 is 0 Å². The fourth-order valence-electron chi connectivity index (χ4n) is 2.46. The Bertz CT molecular complexity index is 541. The van der Waals surface area contributed by atoms with Crippen LogP contribution in [-0.2, 0) is 6.42 Å². The molecule has 1 aliphatic rings. The number of rotatable bonds is 3. The summed E-state index contributed by atoms with van der Waals surface area (Å²) < 4.78 is 1.92. The molecule has 0 radical (unpaired) electrons. The van der Waals surface area contributed by atoms with Crippen molar-refractivity contribution in [3.8, 4) is 0 Å². The lowest BCUT2D eigenvalue weighted by molar-refractivity contribution is 0.112. The lowest BCUT2D eigenvalue weighted by Gasteiger charge is -2.06. The summed E-state index contributed by atoms with van der Waals surface area (Å²) in [5, 5.41) is 3.46. The minimum Gasteiger partial charge on any atom is -0.314 e. The van der Waals surface area contributed by atoms with Crippen molar-refractivity contribution in [1.29, 1.82) is 0 Å². The fourth-order valence-corrected chi connectivity index (χ4v) is 2.46. The molecule has 1 aliphatic heterocycles. The van der Waals surface area contributed by atoms with Gasteiger partial charge in [-0.2, -0.15) is 0 Å². The third-order valence-corrected chi connectivity index (χ3v) is 3.31. The maximum atomic E-state index is 10.9. The van der Waals surface area contributed by atoms with Gasteiger partial charge >= 0.3 is 0 Å². The van der Waals surface area contributed by atoms with Crippen LogP contribution in [0, 0.1) is 0 Å². The second kappa shape index (κ2) is 4.30. The maximum absolute atomic E-state index is 10.9. The molecule has 1 saturated heterocycles. The highest BCUT2D eigenvalue weighted by molar-refractivity contribution is 5.84. The van der Waals surface area contributed by atoms with Gasteiger partial charge in [-0.3, -0.25) is 4.79 Å². The van der Waals surface area contributed by atoms with Gasteiger partial charge in [-0.25, -0.2) is 4.98 Å². The maximum Gasteiger partial charge on any atom is 0.153 e. The van der Waals surface area contributed by atoms with Crippen LogP contribution in [0.3, 0.4) is 0 Å². The van der Waals surface area contributed by atoms with Gasteiger partial charge in [-0.1, -0.05) is 0 Å². The molecule has 1 fully saturated rings. The number of nitrogens with zero attached hydrogens (tertiary/aromatic N) is 2. The van der Waals surface area contributed by atoms with Gasteiger partial charge in [0.1, 0.15) is 5.65 Å². The van der Waals surface area contributed by atoms with Crippen LogP contribution in [-0.4, -0.2) is 28.3 Å². The number of carbonyl (C=O) groups excluding carboxylic acids is 1. The van der Waals surface area contributed by atoms with E-state index in [4.69, 9.17) is 0 Å². The van der Waals surface area contributed by atoms with Gasteiger partial charge < -0.3 is 9.72 Å². The van der Waals surface area contributed by atoms with Crippen molar-refractivity contribution in [2.75, 3.05) is 6.54 Å². The average Bonchev–Trinajstić information content (AvgIpc) is 2.97. The van der Waals surface area contributed by atoms with E-state index in [2.05, 4.69) is 10.3 Å². The summed E-state index contributed by atoms with van der Waals surface area (Å²) in [5.41, 5.74) is 2.47. The molecule has 88 valence electrons. The summed E-state index contributed by atoms with van der Waals surface area (Å²) in [6.45, 7) is 1.11. The number of imidazole rings is 1. The van der Waals surface area contributed by atoms with E-state index in [0.29, 0.717) is 11.6 Å². The first-order valence-corrected chi connectivity index (χ1v) is 6.02. The van der Waals surface area contributed by atoms with Crippen LogP contribution in [0.1, 0.15) is 28.9 Å². The van der Waals surface area contributed by atoms with Crippen LogP contribution in [0.5, 0.6) is 0 Å². The molecule has 3 heterocycles. The summed E-state index contributed by atoms with van der Waals surface area (Å²) in [6.07, 6.45) is 8.22. The molecule has 0 saturated carbocycles. The van der Waals surface area contributed by atoms with E-state index in [-0.39, 0.29) is 0 Å². The minimum atomic E-state index is 0.541. The van der Waals surface area contributed by atoms with Crippen molar-refractivity contribution >= 4 is 11.9 Å². The Balaban J connectivity index is 1.92. The lowest BCUT2D eigenvalue weighted by Crippen LogP contribution is -2.23. The summed E-state index contributed by atoms with van der Waals surface area (Å²) in [4.78, 5) is 15.4. The van der Waals surface area contributed by atoms with E-state index in [0.717, 1.165) is 30.6 Å². The molecular formula is C13H15N3O. The van der Waals surface area contributed by atoms with Crippen LogP contribution >= 0.6 is 0 Å². The fraction of sp³-hybridized carbons (Fsp3) is 0.385. The molecule has 4 heteroatoms. The molecule has 2 aromatic rings. The van der Waals surface area contributed by atoms with E-state index in [1.165, 1.54) is 12.8 Å². The molecule has 1 atom stereocenters. The largest absolute Gasteiger partial charge is 0.314 e. The van der Waals surface area contributed by atoms with E-state index in [1.54, 1.807) is 6.07 Å². The predicted octanol–water partition coefficient (Wildman–Crippen LogP) is 1.44. The zero-order chi connectivity index (χ0) is 11.7. The number of pyridine rings is 1. The van der Waals surface area contributed by atoms with Crippen LogP contribution in [0.2, 0.25) is 0 Å². The van der Waals surface area contributed by atoms with Gasteiger partial charge in [0, 0.05) is 24.9 Å². The number of carbonyl (C=O) groups is 1. The molecule has 0 amide bonds. The van der Waals surface area contributed by atoms with Gasteiger partial charge in [0.15, 0.2) is 6.29 Å². The minimum absolute atomic E-state index is 0.541. The Kier molecular flexibility index (Phi) is 2.65. The quantitative estimate of drug-likeness (QED) is 0.810. The van der Waals surface area contributed by atoms with Crippen molar-refractivity contribution < 1.29 is 4.79 Å². The molecule has 4 nitrogen and oxygen atoms in total. The topological polar surface area (TPSA) is 46.4 Å². The first kappa shape index (κ1) is 10.5. The smallest absolute Gasteiger partial charge is 0.153 e. The van der Waals surface area contributed by atoms with E-state index >= 15 is 0 Å². The standard InChI is InChI=1S/C13H15N3O/c17-9-10-3-2-6-16-8-12(15-13(10)16)7-11-4-1-5-14-11/h2-3,6,8-9,11,14H,1,4-5,7H2. The zero-order valence-corrected chi connectivity index (χ0v) is 9.60. The van der Waals surface area contributed by atoms with Crippen molar-refractivity contribution in [1.82, 2.24) is 14.7 Å². The summed E-state index contributed by atoms with van der Waals surface area (Å²) in [6, 6.07) is 4.21. The number of nitrogens with one attached hydrogen (secondary N) is 1. The van der Waals surface area contributed by atoms with Crippen molar-refractivity contribution in [2.45, 2.75) is 25.3 Å². The number of aldehydes is 1. The van der Waals surface area contributed by atoms with Crippen LogP contribution in [0.25, 0.3) is 5.65 Å². The molecule has 17 heavy (non-hydrogen) atoms. The van der Waals surface area contributed by atoms with Crippen LogP contribution in [0.15, 0.2) is 24.5 Å². The normalized spacial score (nSPS) is 19.9. The first-order valence-electron chi connectivity index (χ1n) is 6.02. The highest BCUT2D eigenvalue weighted by Crippen LogP contribution is 2.14. The Morgan fingerprint density at radius 3 is 3.29 bits per heavy atom. The average molecular weight is 229 g/mol. The number of hydrogen-bond acceptors (Lipinski definition) is 3. The lowest BCUT2D eigenvalue weighted by atomic mass is 10.1. The van der Waals surface area contributed by atoms with Crippen LogP contribution in [0.4, 0.5) is 0 Å². The third-order valence-electron chi connectivity index (χ3n) is 3.31. The molecule has 0 spiro atoms. The molecule has 2 aromatic heterocycles. The SMILES string of the molecule is O=Cc1cccn2cc(CC3CCCN3)nc12. The molecule has 1 unspecified atom stereocenters. The van der Waals surface area contributed by atoms with Crippen LogP contribution < -0.4 is 5.32 Å². The molecule has 1 N–H and O–H groups in total. The van der Waals surface area contributed by atoms with Gasteiger partial charge in [0.2, 0.25) is 0 Å². The van der Waals surface area contributed by atoms with Gasteiger partial charge in [0.25, 0.3) is 0 Å². The number of fused-ring (bicyclic) bond motifs is 1. The Labute approximate surface area is 99.7 Å². The molecule has 3 rings (SSSR count). The summed E-state index contributed by atoms with van der Waals surface area (Å²) in [7, 11) is 0. The zero-order valence-electron chi connectivity index (χ0n) is 9.60. The van der Waals surface area contributed by atoms with E-state index in [9.17, 15) is 4.79 Å². The summed E-state index contributed by atoms with van der Waals surface area (Å²) in [5.74, 6) is 0. The Morgan fingerprint density at radius 2 is 2.53 bits per heavy atom. The second-order valence-corrected chi connectivity index (χ2v) is 4.54. The van der Waals surface area contributed by atoms with Gasteiger partial charge in [0.05, 0.1) is 11.3 Å². The van der Waals surface area contributed by atoms with Crippen molar-refractivity contribution in [3.63, 3.8) is 0 Å². The Hall–Kier alpha value is -1.68. The first-order chi connectivity index (χ1) is 8.36.